The van der Waals surface area contributed by atoms with Crippen LogP contribution >= 0.6 is 0 Å². The molecular formula is C15H22N6. The summed E-state index contributed by atoms with van der Waals surface area (Å²) in [5, 5.41) is 0. The highest BCUT2D eigenvalue weighted by molar-refractivity contribution is 5.31. The molecule has 1 aliphatic rings. The maximum Gasteiger partial charge on any atom is 0.150 e. The molecule has 0 aliphatic carbocycles. The van der Waals surface area contributed by atoms with E-state index in [-0.39, 0.29) is 5.54 Å². The number of likely N-dealkylation sites (tertiary alicyclic amines) is 1. The van der Waals surface area contributed by atoms with Crippen LogP contribution in [0.4, 0.5) is 5.82 Å². The van der Waals surface area contributed by atoms with Gasteiger partial charge in [-0.05, 0) is 33.2 Å². The summed E-state index contributed by atoms with van der Waals surface area (Å²) in [5.41, 5.74) is 6.65. The number of aromatic nitrogens is 4. The molecule has 0 saturated carbocycles. The quantitative estimate of drug-likeness (QED) is 0.928. The number of anilines is 1. The first-order valence-electron chi connectivity index (χ1n) is 7.32. The van der Waals surface area contributed by atoms with Gasteiger partial charge in [0.05, 0.1) is 12.1 Å². The van der Waals surface area contributed by atoms with Crippen LogP contribution in [0.1, 0.15) is 37.1 Å². The summed E-state index contributed by atoms with van der Waals surface area (Å²) in [6, 6.07) is 1.81. The minimum Gasteiger partial charge on any atom is -0.384 e. The van der Waals surface area contributed by atoms with Gasteiger partial charge in [-0.15, -0.1) is 0 Å². The molecule has 1 saturated heterocycles. The molecule has 6 heteroatoms. The summed E-state index contributed by atoms with van der Waals surface area (Å²) in [6.07, 6.45) is 5.99. The molecule has 21 heavy (non-hydrogen) atoms. The van der Waals surface area contributed by atoms with Crippen molar-refractivity contribution >= 4 is 5.82 Å². The first-order chi connectivity index (χ1) is 9.99. The average Bonchev–Trinajstić information content (AvgIpc) is 2.98. The van der Waals surface area contributed by atoms with Gasteiger partial charge in [0.25, 0.3) is 0 Å². The molecule has 0 spiro atoms. The number of hydrogen-bond acceptors (Lipinski definition) is 5. The van der Waals surface area contributed by atoms with Crippen molar-refractivity contribution in [2.75, 3.05) is 12.3 Å². The smallest absolute Gasteiger partial charge is 0.150 e. The second kappa shape index (κ2) is 5.11. The van der Waals surface area contributed by atoms with Gasteiger partial charge >= 0.3 is 0 Å². The molecule has 2 N–H and O–H groups in total. The van der Waals surface area contributed by atoms with E-state index in [4.69, 9.17) is 5.73 Å². The van der Waals surface area contributed by atoms with E-state index >= 15 is 0 Å². The van der Waals surface area contributed by atoms with E-state index in [2.05, 4.69) is 31.3 Å². The highest BCUT2D eigenvalue weighted by atomic mass is 15.3. The predicted molar refractivity (Wildman–Crippen MR) is 81.4 cm³/mol. The largest absolute Gasteiger partial charge is 0.384 e. The van der Waals surface area contributed by atoms with Crippen LogP contribution in [0.2, 0.25) is 0 Å². The lowest BCUT2D eigenvalue weighted by Crippen LogP contribution is -2.40. The van der Waals surface area contributed by atoms with Crippen LogP contribution < -0.4 is 5.73 Å². The van der Waals surface area contributed by atoms with Crippen LogP contribution in [0, 0.1) is 6.92 Å². The van der Waals surface area contributed by atoms with E-state index in [1.165, 1.54) is 0 Å². The number of rotatable bonds is 3. The normalized spacial score (nSPS) is 22.8. The molecule has 0 aromatic carbocycles. The van der Waals surface area contributed by atoms with E-state index in [1.807, 2.05) is 32.4 Å². The zero-order valence-corrected chi connectivity index (χ0v) is 12.9. The van der Waals surface area contributed by atoms with Gasteiger partial charge in [-0.3, -0.25) is 4.90 Å². The summed E-state index contributed by atoms with van der Waals surface area (Å²) in [6.45, 7) is 6.00. The van der Waals surface area contributed by atoms with Crippen molar-refractivity contribution in [3.05, 3.63) is 35.8 Å². The molecule has 0 amide bonds. The zero-order chi connectivity index (χ0) is 15.0. The second-order valence-electron chi connectivity index (χ2n) is 6.01. The standard InChI is InChI=1S/C15H22N6/c1-11-9-12(16)19-14(18-11)15(2)5-4-7-21(15)10-13-17-6-8-20(13)3/h6,8-9H,4-5,7,10H2,1-3H3,(H2,16,18,19)/t15-/m1/s1. The molecule has 2 aromatic rings. The van der Waals surface area contributed by atoms with E-state index in [0.29, 0.717) is 5.82 Å². The first-order valence-corrected chi connectivity index (χ1v) is 7.32. The second-order valence-corrected chi connectivity index (χ2v) is 6.01. The van der Waals surface area contributed by atoms with Gasteiger partial charge in [-0.1, -0.05) is 0 Å². The van der Waals surface area contributed by atoms with Gasteiger partial charge in [0.1, 0.15) is 11.6 Å². The Morgan fingerprint density at radius 1 is 1.38 bits per heavy atom. The lowest BCUT2D eigenvalue weighted by molar-refractivity contribution is 0.133. The number of aryl methyl sites for hydroxylation is 2. The van der Waals surface area contributed by atoms with Crippen molar-refractivity contribution < 1.29 is 0 Å². The highest BCUT2D eigenvalue weighted by Crippen LogP contribution is 2.37. The van der Waals surface area contributed by atoms with E-state index < -0.39 is 0 Å². The summed E-state index contributed by atoms with van der Waals surface area (Å²) < 4.78 is 2.06. The SMILES string of the molecule is Cc1cc(N)nc([C@@]2(C)CCCN2Cc2nccn2C)n1. The van der Waals surface area contributed by atoms with E-state index in [1.54, 1.807) is 0 Å². The first kappa shape index (κ1) is 14.0. The van der Waals surface area contributed by atoms with Crippen LogP contribution in [-0.4, -0.2) is 31.0 Å². The van der Waals surface area contributed by atoms with Crippen LogP contribution in [0.5, 0.6) is 0 Å². The van der Waals surface area contributed by atoms with Gasteiger partial charge in [0.15, 0.2) is 5.82 Å². The number of imidazole rings is 1. The minimum atomic E-state index is -0.175. The molecule has 0 unspecified atom stereocenters. The molecule has 3 heterocycles. The molecule has 3 rings (SSSR count). The number of nitrogens with zero attached hydrogens (tertiary/aromatic N) is 5. The summed E-state index contributed by atoms with van der Waals surface area (Å²) >= 11 is 0. The Balaban J connectivity index is 1.93. The van der Waals surface area contributed by atoms with Crippen molar-refractivity contribution in [3.63, 3.8) is 0 Å². The molecule has 6 nitrogen and oxygen atoms in total. The maximum atomic E-state index is 5.91. The van der Waals surface area contributed by atoms with Crippen molar-refractivity contribution in [1.29, 1.82) is 0 Å². The predicted octanol–water partition coefficient (Wildman–Crippen LogP) is 1.61. The van der Waals surface area contributed by atoms with Crippen molar-refractivity contribution in [1.82, 2.24) is 24.4 Å². The molecule has 2 aromatic heterocycles. The molecule has 112 valence electrons. The Morgan fingerprint density at radius 3 is 2.86 bits per heavy atom. The van der Waals surface area contributed by atoms with Crippen LogP contribution in [0.25, 0.3) is 0 Å². The van der Waals surface area contributed by atoms with Gasteiger partial charge in [-0.25, -0.2) is 15.0 Å². The fourth-order valence-corrected chi connectivity index (χ4v) is 3.08. The third-order valence-corrected chi connectivity index (χ3v) is 4.40. The zero-order valence-electron chi connectivity index (χ0n) is 12.9. The van der Waals surface area contributed by atoms with Crippen LogP contribution in [0.3, 0.4) is 0 Å². The third kappa shape index (κ3) is 2.51. The molecular weight excluding hydrogens is 264 g/mol. The van der Waals surface area contributed by atoms with Gasteiger partial charge in [-0.2, -0.15) is 0 Å². The molecule has 1 fully saturated rings. The van der Waals surface area contributed by atoms with Crippen molar-refractivity contribution in [3.8, 4) is 0 Å². The van der Waals surface area contributed by atoms with Gasteiger partial charge < -0.3 is 10.3 Å². The Morgan fingerprint density at radius 2 is 2.19 bits per heavy atom. The van der Waals surface area contributed by atoms with Gasteiger partial charge in [0.2, 0.25) is 0 Å². The number of hydrogen-bond donors (Lipinski definition) is 1. The molecule has 1 atom stereocenters. The topological polar surface area (TPSA) is 72.9 Å². The summed E-state index contributed by atoms with van der Waals surface area (Å²) in [5.74, 6) is 2.43. The van der Waals surface area contributed by atoms with Crippen LogP contribution in [-0.2, 0) is 19.1 Å². The third-order valence-electron chi connectivity index (χ3n) is 4.40. The van der Waals surface area contributed by atoms with E-state index in [0.717, 1.165) is 43.3 Å². The minimum absolute atomic E-state index is 0.175. The lowest BCUT2D eigenvalue weighted by atomic mass is 9.97. The number of nitrogens with two attached hydrogens (primary N) is 1. The average molecular weight is 286 g/mol. The summed E-state index contributed by atoms with van der Waals surface area (Å²) in [7, 11) is 2.02. The van der Waals surface area contributed by atoms with Crippen molar-refractivity contribution in [2.24, 2.45) is 7.05 Å². The molecule has 0 radical (unpaired) electrons. The Hall–Kier alpha value is -1.95. The fourth-order valence-electron chi connectivity index (χ4n) is 3.08. The Bertz CT molecular complexity index is 629. The van der Waals surface area contributed by atoms with Crippen LogP contribution in [0.15, 0.2) is 18.5 Å². The molecule has 1 aliphatic heterocycles. The van der Waals surface area contributed by atoms with Gasteiger partial charge in [0, 0.05) is 31.2 Å². The van der Waals surface area contributed by atoms with Crippen molar-refractivity contribution in [2.45, 2.75) is 38.8 Å². The lowest BCUT2D eigenvalue weighted by Gasteiger charge is -2.33. The Labute approximate surface area is 125 Å². The summed E-state index contributed by atoms with van der Waals surface area (Å²) in [4.78, 5) is 16.0. The Kier molecular flexibility index (Phi) is 3.41. The number of nitrogen functional groups attached to an aromatic ring is 1. The maximum absolute atomic E-state index is 5.91. The highest BCUT2D eigenvalue weighted by Gasteiger charge is 2.41. The van der Waals surface area contributed by atoms with E-state index in [9.17, 15) is 0 Å². The fraction of sp³-hybridized carbons (Fsp3) is 0.533. The molecule has 0 bridgehead atoms. The monoisotopic (exact) mass is 286 g/mol.